The fourth-order valence-electron chi connectivity index (χ4n) is 7.49. The Balaban J connectivity index is -0.000000174. The summed E-state index contributed by atoms with van der Waals surface area (Å²) in [6.07, 6.45) is 49.0. The summed E-state index contributed by atoms with van der Waals surface area (Å²) in [7, 11) is 3.22. The zero-order valence-corrected chi connectivity index (χ0v) is 62.0. The van der Waals surface area contributed by atoms with Crippen LogP contribution in [0.5, 0.6) is 0 Å². The van der Waals surface area contributed by atoms with Crippen molar-refractivity contribution in [3.8, 4) is 0 Å². The third-order valence-electron chi connectivity index (χ3n) is 13.0. The average Bonchev–Trinajstić information content (AvgIpc) is 3.30. The molecule has 0 aliphatic rings. The minimum atomic E-state index is -0.916. The van der Waals surface area contributed by atoms with E-state index in [-0.39, 0.29) is 80.2 Å². The maximum atomic E-state index is 11.5. The number of allylic oxidation sites excluding steroid dienone is 8. The maximum Gasteiger partial charge on any atom is 1.00 e. The van der Waals surface area contributed by atoms with Crippen LogP contribution < -0.4 is 45.4 Å². The number of likely N-dealkylation sites (N-methyl/N-ethyl adjacent to an activating group) is 2. The van der Waals surface area contributed by atoms with E-state index in [0.29, 0.717) is 65.6 Å². The Morgan fingerprint density at radius 2 is 0.857 bits per heavy atom. The van der Waals surface area contributed by atoms with Crippen molar-refractivity contribution in [1.82, 2.24) is 26.6 Å². The van der Waals surface area contributed by atoms with Crippen LogP contribution in [0.3, 0.4) is 0 Å². The van der Waals surface area contributed by atoms with E-state index >= 15 is 0 Å². The molecule has 0 heterocycles. The number of hydrogen-bond acceptors (Lipinski definition) is 18. The fraction of sp³-hybridized carbons (Fsp3) is 0.722. The molecule has 98 heavy (non-hydrogen) atoms. The molecule has 26 heteroatoms. The molecule has 25 nitrogen and oxygen atoms in total. The number of carboxylic acid groups (broad SMARTS) is 1. The van der Waals surface area contributed by atoms with Crippen LogP contribution in [0.4, 0.5) is 0 Å². The van der Waals surface area contributed by atoms with Crippen molar-refractivity contribution in [2.24, 2.45) is 0 Å². The summed E-state index contributed by atoms with van der Waals surface area (Å²) in [6.45, 7) is 23.1. The number of unbranched alkanes of at least 4 members (excludes halogenated alkanes) is 22. The zero-order chi connectivity index (χ0) is 73.0. The molecular formula is C72H132LiN7O18. The molecule has 1 unspecified atom stereocenters. The van der Waals surface area contributed by atoms with E-state index in [2.05, 4.69) is 79.6 Å². The zero-order valence-electron chi connectivity index (χ0n) is 62.0. The molecule has 1 atom stereocenters. The summed E-state index contributed by atoms with van der Waals surface area (Å²) < 4.78 is 29.2. The second kappa shape index (κ2) is 95.1. The molecule has 564 valence electrons. The summed E-state index contributed by atoms with van der Waals surface area (Å²) in [6, 6.07) is -0.123. The van der Waals surface area contributed by atoms with Crippen LogP contribution in [0.15, 0.2) is 61.8 Å². The topological polar surface area (TPSA) is 376 Å². The van der Waals surface area contributed by atoms with Crippen LogP contribution in [0, 0.1) is 0 Å². The van der Waals surface area contributed by atoms with E-state index in [1.807, 2.05) is 32.1 Å². The van der Waals surface area contributed by atoms with Crippen LogP contribution in [0.25, 0.3) is 5.53 Å². The Kier molecular flexibility index (Phi) is 105. The monoisotopic (exact) mass is 1390 g/mol. The Morgan fingerprint density at radius 3 is 1.23 bits per heavy atom. The Morgan fingerprint density at radius 1 is 0.490 bits per heavy atom. The molecule has 0 aromatic rings. The van der Waals surface area contributed by atoms with Crippen LogP contribution in [-0.2, 0) is 71.6 Å². The number of nitrogens with one attached hydrogen (secondary N) is 5. The number of nitrogens with zero attached hydrogens (tertiary/aromatic N) is 2. The molecule has 0 aliphatic carbocycles. The standard InChI is InChI=1S/C21H40N2O4.C18H32N2O5.C11H19NO2.C11H20O3.C7H14O.C4H6N2O2.Li.H2O/c1-4-27-20(24)18-26-17-15-13-11-9-7-5-6-8-10-12-14-16-23-21(25)19(2)22-3;1-19-17(23)18(24)20-13-11-9-7-5-3-2-4-6-8-10-12-14-25-15-16(21)22;1-3-5-6-7-8-9-12-11(14)10(13)4-2;1-3-5-6-7-8-9-13-10-11(12)14-4-2;1-2-3-4-5-6-7-8;1-2-8-4(7)3-6-5;;/h6,8,19,22H,4-5,7,9-18H2,1-3H3,(H,23,25);3,5H,2,4,6-15H2,1H3,(H,19,23)(H,20,24)(H,21,22);3,5H,4,6-9H2,1-2H3,(H,12,14);3H,1,4-10H2,2H3;2,8H,1,3-7H2;3H,2H2,1H3;;1H2/q;;;;;;+1;/p-1/b8-6-;2*5-3-;;;;;. The van der Waals surface area contributed by atoms with Crippen molar-refractivity contribution < 1.29 is 111 Å². The second-order valence-corrected chi connectivity index (χ2v) is 21.4. The summed E-state index contributed by atoms with van der Waals surface area (Å²) in [4.78, 5) is 100. The number of carbonyl (C=O) groups is 9. The molecule has 0 saturated heterocycles. The number of rotatable bonds is 56. The van der Waals surface area contributed by atoms with Crippen molar-refractivity contribution in [2.75, 3.05) is 99.8 Å². The molecule has 0 aromatic carbocycles. The molecule has 0 fully saturated rings. The smallest absolute Gasteiger partial charge is 0.870 e. The Bertz CT molecular complexity index is 2040. The minimum absolute atomic E-state index is 0. The van der Waals surface area contributed by atoms with Crippen LogP contribution in [0.1, 0.15) is 234 Å². The predicted molar refractivity (Wildman–Crippen MR) is 383 cm³/mol. The predicted octanol–water partition coefficient (Wildman–Crippen LogP) is 7.92. The molecule has 0 saturated carbocycles. The SMILES string of the molecule is C/C=C\CCCCNC(=O)C(=O)CC.C=CCCCCCO.C=CCCCCCOCC(=O)OCC.CCOC(=O)C=[N+]=[N-].CCOC(=O)COCCCCCCC/C=C\CCCCNC(=O)C(C)NC.CNC(=O)C(=O)NCCCC/C=C\CCCCCCCOCC(=O)O.[Li+].[OH-]. The first-order chi connectivity index (χ1) is 46.4. The summed E-state index contributed by atoms with van der Waals surface area (Å²) in [5.74, 6) is -4.00. The summed E-state index contributed by atoms with van der Waals surface area (Å²) >= 11 is 0. The van der Waals surface area contributed by atoms with Gasteiger partial charge in [0.1, 0.15) is 19.8 Å². The molecule has 8 N–H and O–H groups in total. The number of ketones is 1. The number of aliphatic hydroxyl groups excluding tert-OH is 1. The van der Waals surface area contributed by atoms with Gasteiger partial charge in [0.15, 0.2) is 0 Å². The van der Waals surface area contributed by atoms with Crippen molar-refractivity contribution in [3.63, 3.8) is 0 Å². The number of Topliss-reactive ketones (excluding diaryl/α,β-unsaturated/α-hetero) is 1. The normalized spacial score (nSPS) is 10.3. The molecule has 0 spiro atoms. The van der Waals surface area contributed by atoms with Gasteiger partial charge in [-0.3, -0.25) is 24.0 Å². The maximum absolute atomic E-state index is 11.5. The largest absolute Gasteiger partial charge is 1.00 e. The first-order valence-electron chi connectivity index (χ1n) is 35.0. The second-order valence-electron chi connectivity index (χ2n) is 21.4. The van der Waals surface area contributed by atoms with Crippen LogP contribution in [0.2, 0.25) is 0 Å². The average molecular weight is 1390 g/mol. The van der Waals surface area contributed by atoms with Gasteiger partial charge in [0, 0.05) is 59.5 Å². The number of carbonyl (C=O) groups excluding carboxylic acids is 8. The number of esters is 3. The molecule has 0 radical (unpaired) electrons. The van der Waals surface area contributed by atoms with E-state index in [1.165, 1.54) is 39.2 Å². The third kappa shape index (κ3) is 101. The van der Waals surface area contributed by atoms with Gasteiger partial charge in [-0.15, -0.1) is 13.2 Å². The first-order valence-corrected chi connectivity index (χ1v) is 35.0. The van der Waals surface area contributed by atoms with Crippen LogP contribution in [-0.4, -0.2) is 186 Å². The summed E-state index contributed by atoms with van der Waals surface area (Å²) in [5.41, 5.74) is 7.73. The molecule has 0 aliphatic heterocycles. The van der Waals surface area contributed by atoms with Gasteiger partial charge in [0.25, 0.3) is 5.91 Å². The van der Waals surface area contributed by atoms with E-state index in [9.17, 15) is 43.2 Å². The number of amides is 4. The van der Waals surface area contributed by atoms with E-state index in [0.717, 1.165) is 161 Å². The van der Waals surface area contributed by atoms with Gasteiger partial charge >= 0.3 is 60.8 Å². The Labute approximate surface area is 601 Å². The Hall–Kier alpha value is -6.13. The van der Waals surface area contributed by atoms with Gasteiger partial charge in [0.05, 0.1) is 25.9 Å². The van der Waals surface area contributed by atoms with Gasteiger partial charge in [-0.1, -0.05) is 107 Å². The van der Waals surface area contributed by atoms with Crippen molar-refractivity contribution in [3.05, 3.63) is 67.3 Å². The number of ether oxygens (including phenoxy) is 6. The van der Waals surface area contributed by atoms with Crippen LogP contribution >= 0.6 is 0 Å². The van der Waals surface area contributed by atoms with Gasteiger partial charge in [0.2, 0.25) is 11.7 Å². The molecule has 0 rings (SSSR count). The molecule has 0 bridgehead atoms. The van der Waals surface area contributed by atoms with Gasteiger partial charge < -0.3 is 76.2 Å². The van der Waals surface area contributed by atoms with Gasteiger partial charge in [-0.2, -0.15) is 4.79 Å². The number of hydrogen-bond donors (Lipinski definition) is 7. The van der Waals surface area contributed by atoms with Crippen molar-refractivity contribution in [2.45, 2.75) is 240 Å². The quantitative estimate of drug-likeness (QED) is 0.00350. The molecule has 4 amide bonds. The van der Waals surface area contributed by atoms with Gasteiger partial charge in [-0.05, 0) is 177 Å². The molecule has 0 aromatic heterocycles. The number of carboxylic acids is 1. The third-order valence-corrected chi connectivity index (χ3v) is 13.0. The fourth-order valence-corrected chi connectivity index (χ4v) is 7.49. The number of aliphatic carboxylic acids is 1. The van der Waals surface area contributed by atoms with E-state index < -0.39 is 29.7 Å². The van der Waals surface area contributed by atoms with Crippen molar-refractivity contribution in [1.29, 1.82) is 0 Å². The minimum Gasteiger partial charge on any atom is -0.870 e. The van der Waals surface area contributed by atoms with Gasteiger partial charge in [-0.25, -0.2) is 19.2 Å². The first kappa shape index (κ1) is 108. The van der Waals surface area contributed by atoms with Crippen molar-refractivity contribution >= 4 is 59.5 Å². The van der Waals surface area contributed by atoms with E-state index in [4.69, 9.17) is 39.4 Å². The number of aliphatic hydroxyl groups is 1. The molecular weight excluding hydrogens is 1260 g/mol. The summed E-state index contributed by atoms with van der Waals surface area (Å²) in [5, 5.41) is 30.1. The van der Waals surface area contributed by atoms with E-state index in [1.54, 1.807) is 34.7 Å².